The molecule has 2 nitrogen and oxygen atoms in total. The minimum atomic E-state index is 0.793. The summed E-state index contributed by atoms with van der Waals surface area (Å²) >= 11 is 0. The third-order valence-corrected chi connectivity index (χ3v) is 5.98. The Labute approximate surface area is 192 Å². The van der Waals surface area contributed by atoms with Gasteiger partial charge in [-0.15, -0.1) is 0 Å². The van der Waals surface area contributed by atoms with Crippen molar-refractivity contribution in [2.45, 2.75) is 0 Å². The van der Waals surface area contributed by atoms with Gasteiger partial charge in [0.2, 0.25) is 0 Å². The van der Waals surface area contributed by atoms with Crippen LogP contribution in [0.5, 0.6) is 0 Å². The van der Waals surface area contributed by atoms with E-state index in [2.05, 4.69) is 108 Å². The van der Waals surface area contributed by atoms with E-state index in [9.17, 15) is 0 Å². The molecule has 0 spiro atoms. The van der Waals surface area contributed by atoms with Crippen LogP contribution in [0.3, 0.4) is 0 Å². The zero-order valence-electron chi connectivity index (χ0n) is 18.0. The van der Waals surface area contributed by atoms with Crippen LogP contribution >= 0.6 is 0 Å². The average Bonchev–Trinajstić information content (AvgIpc) is 3.29. The van der Waals surface area contributed by atoms with E-state index in [1.165, 1.54) is 5.56 Å². The normalized spacial score (nSPS) is 11.0. The van der Waals surface area contributed by atoms with Crippen LogP contribution in [-0.4, -0.2) is 4.98 Å². The molecule has 2 heterocycles. The van der Waals surface area contributed by atoms with Gasteiger partial charge in [0, 0.05) is 22.5 Å². The molecule has 4 aromatic carbocycles. The predicted molar refractivity (Wildman–Crippen MR) is 136 cm³/mol. The Kier molecular flexibility index (Phi) is 4.82. The Hall–Kier alpha value is -4.43. The summed E-state index contributed by atoms with van der Waals surface area (Å²) in [6.07, 6.45) is 1.85. The van der Waals surface area contributed by atoms with Gasteiger partial charge in [-0.1, -0.05) is 109 Å². The van der Waals surface area contributed by atoms with E-state index < -0.39 is 0 Å². The Balaban J connectivity index is 1.55. The van der Waals surface area contributed by atoms with Crippen LogP contribution in [-0.2, 0) is 0 Å². The second kappa shape index (κ2) is 8.25. The van der Waals surface area contributed by atoms with Crippen LogP contribution in [0.1, 0.15) is 0 Å². The van der Waals surface area contributed by atoms with E-state index >= 15 is 0 Å². The second-order valence-electron chi connectivity index (χ2n) is 8.01. The maximum Gasteiger partial charge on any atom is 0.161 e. The van der Waals surface area contributed by atoms with Gasteiger partial charge < -0.3 is 4.42 Å². The van der Waals surface area contributed by atoms with Crippen molar-refractivity contribution in [3.8, 4) is 45.0 Å². The van der Waals surface area contributed by atoms with E-state index in [1.54, 1.807) is 0 Å². The van der Waals surface area contributed by atoms with Crippen LogP contribution in [0.15, 0.2) is 132 Å². The lowest BCUT2D eigenvalue weighted by molar-refractivity contribution is 0.600. The van der Waals surface area contributed by atoms with E-state index in [0.29, 0.717) is 0 Å². The molecule has 156 valence electrons. The molecule has 0 radical (unpaired) electrons. The largest absolute Gasteiger partial charge is 0.453 e. The summed E-state index contributed by atoms with van der Waals surface area (Å²) in [6.45, 7) is 0. The summed E-state index contributed by atoms with van der Waals surface area (Å²) in [5.74, 6) is 1.66. The van der Waals surface area contributed by atoms with Gasteiger partial charge in [-0.3, -0.25) is 4.98 Å². The van der Waals surface area contributed by atoms with E-state index in [0.717, 1.165) is 50.2 Å². The van der Waals surface area contributed by atoms with E-state index in [1.807, 2.05) is 24.4 Å². The standard InChI is InChI=1S/C31H21NO/c1-3-11-22(12-4-1)24-19-20-32-29(21-24)31-28-18-10-9-17-27(28)30(33-31)26-16-8-7-15-25(26)23-13-5-2-6-14-23/h1-21H. The number of hydrogen-bond acceptors (Lipinski definition) is 2. The first-order chi connectivity index (χ1) is 16.4. The van der Waals surface area contributed by atoms with E-state index in [-0.39, 0.29) is 0 Å². The topological polar surface area (TPSA) is 26.0 Å². The summed E-state index contributed by atoms with van der Waals surface area (Å²) < 4.78 is 6.63. The number of pyridine rings is 1. The summed E-state index contributed by atoms with van der Waals surface area (Å²) in [5, 5.41) is 2.15. The SMILES string of the molecule is c1ccc(-c2ccnc(-c3oc(-c4ccccc4-c4ccccc4)c4ccccc34)c2)cc1. The fraction of sp³-hybridized carbons (Fsp3) is 0. The highest BCUT2D eigenvalue weighted by molar-refractivity contribution is 6.04. The third-order valence-electron chi connectivity index (χ3n) is 5.98. The summed E-state index contributed by atoms with van der Waals surface area (Å²) in [4.78, 5) is 4.68. The van der Waals surface area contributed by atoms with Gasteiger partial charge in [0.1, 0.15) is 11.5 Å². The maximum absolute atomic E-state index is 6.63. The van der Waals surface area contributed by atoms with Crippen molar-refractivity contribution in [1.82, 2.24) is 4.98 Å². The minimum absolute atomic E-state index is 0.793. The quantitative estimate of drug-likeness (QED) is 0.284. The minimum Gasteiger partial charge on any atom is -0.453 e. The van der Waals surface area contributed by atoms with Crippen molar-refractivity contribution in [2.75, 3.05) is 0 Å². The zero-order chi connectivity index (χ0) is 22.0. The number of furan rings is 1. The molecule has 0 bridgehead atoms. The monoisotopic (exact) mass is 423 g/mol. The zero-order valence-corrected chi connectivity index (χ0v) is 18.0. The number of benzene rings is 4. The summed E-state index contributed by atoms with van der Waals surface area (Å²) in [6, 6.07) is 41.7. The lowest BCUT2D eigenvalue weighted by atomic mass is 9.96. The molecular weight excluding hydrogens is 402 g/mol. The molecule has 0 fully saturated rings. The molecule has 2 aromatic heterocycles. The Morgan fingerprint density at radius 3 is 1.76 bits per heavy atom. The third kappa shape index (κ3) is 3.52. The molecule has 2 heteroatoms. The molecule has 0 atom stereocenters. The molecule has 0 saturated carbocycles. The fourth-order valence-corrected chi connectivity index (χ4v) is 4.40. The molecule has 0 aliphatic carbocycles. The molecule has 0 N–H and O–H groups in total. The van der Waals surface area contributed by atoms with Gasteiger partial charge in [0.15, 0.2) is 5.76 Å². The number of rotatable bonds is 4. The highest BCUT2D eigenvalue weighted by Crippen LogP contribution is 2.42. The van der Waals surface area contributed by atoms with Crippen molar-refractivity contribution in [3.05, 3.63) is 128 Å². The van der Waals surface area contributed by atoms with Gasteiger partial charge in [-0.2, -0.15) is 0 Å². The molecule has 0 unspecified atom stereocenters. The first kappa shape index (κ1) is 19.3. The fourth-order valence-electron chi connectivity index (χ4n) is 4.40. The van der Waals surface area contributed by atoms with Crippen LogP contribution in [0.2, 0.25) is 0 Å². The van der Waals surface area contributed by atoms with Crippen molar-refractivity contribution < 1.29 is 4.42 Å². The highest BCUT2D eigenvalue weighted by atomic mass is 16.3. The number of hydrogen-bond donors (Lipinski definition) is 0. The number of nitrogens with zero attached hydrogens (tertiary/aromatic N) is 1. The number of fused-ring (bicyclic) bond motifs is 1. The average molecular weight is 424 g/mol. The first-order valence-electron chi connectivity index (χ1n) is 11.1. The van der Waals surface area contributed by atoms with Crippen LogP contribution in [0.25, 0.3) is 55.8 Å². The molecule has 0 aliphatic rings. The Morgan fingerprint density at radius 2 is 1.03 bits per heavy atom. The van der Waals surface area contributed by atoms with Gasteiger partial charge in [0.25, 0.3) is 0 Å². The van der Waals surface area contributed by atoms with Crippen molar-refractivity contribution in [3.63, 3.8) is 0 Å². The van der Waals surface area contributed by atoms with Crippen LogP contribution < -0.4 is 0 Å². The molecule has 0 saturated heterocycles. The molecule has 0 aliphatic heterocycles. The summed E-state index contributed by atoms with van der Waals surface area (Å²) in [7, 11) is 0. The molecule has 0 amide bonds. The lowest BCUT2D eigenvalue weighted by Crippen LogP contribution is -1.84. The predicted octanol–water partition coefficient (Wildman–Crippen LogP) is 8.50. The smallest absolute Gasteiger partial charge is 0.161 e. The van der Waals surface area contributed by atoms with Gasteiger partial charge in [-0.05, 0) is 34.4 Å². The first-order valence-corrected chi connectivity index (χ1v) is 11.1. The van der Waals surface area contributed by atoms with Crippen molar-refractivity contribution in [2.24, 2.45) is 0 Å². The molecular formula is C31H21NO. The van der Waals surface area contributed by atoms with Crippen LogP contribution in [0.4, 0.5) is 0 Å². The lowest BCUT2D eigenvalue weighted by Gasteiger charge is -2.08. The Bertz CT molecular complexity index is 1550. The van der Waals surface area contributed by atoms with E-state index in [4.69, 9.17) is 4.42 Å². The van der Waals surface area contributed by atoms with Gasteiger partial charge in [0.05, 0.1) is 0 Å². The van der Waals surface area contributed by atoms with Crippen molar-refractivity contribution >= 4 is 10.8 Å². The molecule has 6 aromatic rings. The molecule has 33 heavy (non-hydrogen) atoms. The van der Waals surface area contributed by atoms with Crippen molar-refractivity contribution in [1.29, 1.82) is 0 Å². The highest BCUT2D eigenvalue weighted by Gasteiger charge is 2.19. The number of aromatic nitrogens is 1. The second-order valence-corrected chi connectivity index (χ2v) is 8.01. The van der Waals surface area contributed by atoms with Gasteiger partial charge >= 0.3 is 0 Å². The summed E-state index contributed by atoms with van der Waals surface area (Å²) in [5.41, 5.74) is 6.50. The molecule has 6 rings (SSSR count). The van der Waals surface area contributed by atoms with Gasteiger partial charge in [-0.25, -0.2) is 0 Å². The van der Waals surface area contributed by atoms with Crippen LogP contribution in [0, 0.1) is 0 Å². The maximum atomic E-state index is 6.63. The Morgan fingerprint density at radius 1 is 0.455 bits per heavy atom.